The summed E-state index contributed by atoms with van der Waals surface area (Å²) in [6.07, 6.45) is 2.22. The van der Waals surface area contributed by atoms with Crippen molar-refractivity contribution in [1.29, 1.82) is 0 Å². The predicted molar refractivity (Wildman–Crippen MR) is 77.8 cm³/mol. The van der Waals surface area contributed by atoms with Crippen molar-refractivity contribution in [3.63, 3.8) is 0 Å². The summed E-state index contributed by atoms with van der Waals surface area (Å²) in [5, 5.41) is 0. The van der Waals surface area contributed by atoms with Gasteiger partial charge in [-0.15, -0.1) is 0 Å². The predicted octanol–water partition coefficient (Wildman–Crippen LogP) is 3.83. The van der Waals surface area contributed by atoms with Crippen molar-refractivity contribution in [3.8, 4) is 11.1 Å². The molecule has 0 aliphatic carbocycles. The van der Waals surface area contributed by atoms with Crippen LogP contribution in [0.25, 0.3) is 11.1 Å². The molecule has 17 heavy (non-hydrogen) atoms. The molecule has 2 aromatic rings. The minimum absolute atomic E-state index is 0. The van der Waals surface area contributed by atoms with E-state index in [9.17, 15) is 0 Å². The van der Waals surface area contributed by atoms with Gasteiger partial charge in [-0.2, -0.15) is 0 Å². The fourth-order valence-corrected chi connectivity index (χ4v) is 2.27. The molecule has 0 spiro atoms. The summed E-state index contributed by atoms with van der Waals surface area (Å²) in [5.41, 5.74) is 5.69. The standard InChI is InChI=1S/C16H18.Li.H/c1-3-13-11-8-12-16(15(13)4-2)14-9-6-5-7-10-14;;/h5-12H,3-4H2,1-2H3;;. The minimum atomic E-state index is 0. The second-order valence-corrected chi connectivity index (χ2v) is 4.02. The zero-order valence-electron chi connectivity index (χ0n) is 10.0. The Hall–Kier alpha value is -0.963. The molecule has 0 atom stereocenters. The Balaban J connectivity index is 0.00000144. The van der Waals surface area contributed by atoms with Crippen LogP contribution in [-0.4, -0.2) is 18.9 Å². The van der Waals surface area contributed by atoms with Gasteiger partial charge in [-0.1, -0.05) is 62.4 Å². The fraction of sp³-hybridized carbons (Fsp3) is 0.250. The molecule has 0 fully saturated rings. The van der Waals surface area contributed by atoms with Gasteiger partial charge in [0.1, 0.15) is 0 Å². The van der Waals surface area contributed by atoms with Crippen LogP contribution < -0.4 is 0 Å². The van der Waals surface area contributed by atoms with E-state index >= 15 is 0 Å². The normalized spacial score (nSPS) is 9.76. The third-order valence-corrected chi connectivity index (χ3v) is 3.09. The second kappa shape index (κ2) is 6.70. The molecular formula is C16H19Li. The summed E-state index contributed by atoms with van der Waals surface area (Å²) < 4.78 is 0. The number of rotatable bonds is 3. The van der Waals surface area contributed by atoms with Crippen LogP contribution in [0.1, 0.15) is 25.0 Å². The van der Waals surface area contributed by atoms with E-state index in [-0.39, 0.29) is 18.9 Å². The topological polar surface area (TPSA) is 0 Å². The first-order valence-electron chi connectivity index (χ1n) is 6.03. The molecule has 2 rings (SSSR count). The van der Waals surface area contributed by atoms with E-state index in [1.807, 2.05) is 0 Å². The maximum absolute atomic E-state index is 2.24. The third-order valence-electron chi connectivity index (χ3n) is 3.09. The van der Waals surface area contributed by atoms with Crippen molar-refractivity contribution in [1.82, 2.24) is 0 Å². The molecule has 0 saturated carbocycles. The van der Waals surface area contributed by atoms with E-state index in [0.717, 1.165) is 12.8 Å². The Morgan fingerprint density at radius 2 is 1.47 bits per heavy atom. The van der Waals surface area contributed by atoms with Crippen molar-refractivity contribution in [3.05, 3.63) is 59.7 Å². The van der Waals surface area contributed by atoms with Gasteiger partial charge >= 0.3 is 18.9 Å². The Kier molecular flexibility index (Phi) is 5.55. The first-order valence-corrected chi connectivity index (χ1v) is 6.03. The van der Waals surface area contributed by atoms with E-state index in [2.05, 4.69) is 62.4 Å². The maximum atomic E-state index is 2.24. The van der Waals surface area contributed by atoms with Crippen LogP contribution in [0.2, 0.25) is 0 Å². The molecule has 2 aromatic carbocycles. The van der Waals surface area contributed by atoms with Crippen LogP contribution >= 0.6 is 0 Å². The number of benzene rings is 2. The summed E-state index contributed by atoms with van der Waals surface area (Å²) in [6.45, 7) is 4.46. The van der Waals surface area contributed by atoms with Crippen molar-refractivity contribution in [2.75, 3.05) is 0 Å². The summed E-state index contributed by atoms with van der Waals surface area (Å²) in [4.78, 5) is 0. The van der Waals surface area contributed by atoms with Gasteiger partial charge in [0.15, 0.2) is 0 Å². The zero-order chi connectivity index (χ0) is 11.4. The Labute approximate surface area is 116 Å². The van der Waals surface area contributed by atoms with Crippen LogP contribution in [0, 0.1) is 0 Å². The summed E-state index contributed by atoms with van der Waals surface area (Å²) in [6, 6.07) is 17.3. The Morgan fingerprint density at radius 1 is 0.765 bits per heavy atom. The van der Waals surface area contributed by atoms with Crippen LogP contribution in [0.4, 0.5) is 0 Å². The molecule has 0 amide bonds. The van der Waals surface area contributed by atoms with Crippen molar-refractivity contribution in [2.24, 2.45) is 0 Å². The van der Waals surface area contributed by atoms with Gasteiger partial charge < -0.3 is 0 Å². The monoisotopic (exact) mass is 218 g/mol. The molecule has 0 bridgehead atoms. The van der Waals surface area contributed by atoms with Gasteiger partial charge in [-0.3, -0.25) is 0 Å². The van der Waals surface area contributed by atoms with E-state index < -0.39 is 0 Å². The van der Waals surface area contributed by atoms with Crippen LogP contribution in [-0.2, 0) is 12.8 Å². The van der Waals surface area contributed by atoms with Gasteiger partial charge in [-0.25, -0.2) is 0 Å². The SMILES string of the molecule is CCc1cccc(-c2ccccc2)c1CC.[LiH]. The van der Waals surface area contributed by atoms with Gasteiger partial charge in [0.05, 0.1) is 0 Å². The van der Waals surface area contributed by atoms with E-state index in [4.69, 9.17) is 0 Å². The molecule has 84 valence electrons. The van der Waals surface area contributed by atoms with Crippen LogP contribution in [0.15, 0.2) is 48.5 Å². The van der Waals surface area contributed by atoms with Gasteiger partial charge in [0.25, 0.3) is 0 Å². The number of hydrogen-bond acceptors (Lipinski definition) is 0. The molecule has 0 aromatic heterocycles. The Morgan fingerprint density at radius 3 is 2.06 bits per heavy atom. The quantitative estimate of drug-likeness (QED) is 0.687. The third kappa shape index (κ3) is 3.03. The van der Waals surface area contributed by atoms with Gasteiger partial charge in [0, 0.05) is 0 Å². The first kappa shape index (κ1) is 14.1. The van der Waals surface area contributed by atoms with Crippen molar-refractivity contribution >= 4 is 18.9 Å². The fourth-order valence-electron chi connectivity index (χ4n) is 2.27. The second-order valence-electron chi connectivity index (χ2n) is 4.02. The zero-order valence-corrected chi connectivity index (χ0v) is 10.0. The van der Waals surface area contributed by atoms with Gasteiger partial charge in [-0.05, 0) is 35.1 Å². The molecular weight excluding hydrogens is 199 g/mol. The number of hydrogen-bond donors (Lipinski definition) is 0. The molecule has 0 saturated heterocycles. The van der Waals surface area contributed by atoms with Crippen molar-refractivity contribution < 1.29 is 0 Å². The Bertz CT molecular complexity index is 460. The summed E-state index contributed by atoms with van der Waals surface area (Å²) >= 11 is 0. The first-order chi connectivity index (χ1) is 7.86. The van der Waals surface area contributed by atoms with E-state index in [0.29, 0.717) is 0 Å². The van der Waals surface area contributed by atoms with Crippen LogP contribution in [0.5, 0.6) is 0 Å². The number of aryl methyl sites for hydroxylation is 1. The average Bonchev–Trinajstić information content (AvgIpc) is 2.38. The molecule has 1 heteroatoms. The van der Waals surface area contributed by atoms with Gasteiger partial charge in [0.2, 0.25) is 0 Å². The molecule has 0 N–H and O–H groups in total. The summed E-state index contributed by atoms with van der Waals surface area (Å²) in [7, 11) is 0. The molecule has 0 unspecified atom stereocenters. The average molecular weight is 218 g/mol. The molecule has 0 radical (unpaired) electrons. The molecule has 0 aliphatic heterocycles. The van der Waals surface area contributed by atoms with Crippen molar-refractivity contribution in [2.45, 2.75) is 26.7 Å². The van der Waals surface area contributed by atoms with E-state index in [1.165, 1.54) is 22.3 Å². The molecule has 0 aliphatic rings. The van der Waals surface area contributed by atoms with E-state index in [1.54, 1.807) is 0 Å². The summed E-state index contributed by atoms with van der Waals surface area (Å²) in [5.74, 6) is 0. The molecule has 0 heterocycles. The van der Waals surface area contributed by atoms with Crippen LogP contribution in [0.3, 0.4) is 0 Å². The molecule has 0 nitrogen and oxygen atoms in total.